The summed E-state index contributed by atoms with van der Waals surface area (Å²) in [6.07, 6.45) is 5.38. The molecular weight excluding hydrogens is 318 g/mol. The van der Waals surface area contributed by atoms with Crippen molar-refractivity contribution in [2.75, 3.05) is 5.32 Å². The molecule has 2 aromatic heterocycles. The average molecular weight is 332 g/mol. The van der Waals surface area contributed by atoms with Crippen molar-refractivity contribution in [2.24, 2.45) is 7.05 Å². The lowest BCUT2D eigenvalue weighted by atomic mass is 10.2. The van der Waals surface area contributed by atoms with Crippen LogP contribution in [-0.4, -0.2) is 9.55 Å². The van der Waals surface area contributed by atoms with E-state index in [1.807, 2.05) is 54.2 Å². The number of hydrogen-bond acceptors (Lipinski definition) is 3. The fourth-order valence-electron chi connectivity index (χ4n) is 2.12. The Morgan fingerprint density at radius 2 is 2.20 bits per heavy atom. The largest absolute Gasteiger partial charge is 0.467 e. The molecule has 0 saturated heterocycles. The van der Waals surface area contributed by atoms with Crippen molar-refractivity contribution in [1.29, 1.82) is 0 Å². The molecular formula is C15H14BrN3O. The first-order valence-electron chi connectivity index (χ1n) is 6.27. The summed E-state index contributed by atoms with van der Waals surface area (Å²) in [4.78, 5) is 4.42. The van der Waals surface area contributed by atoms with Gasteiger partial charge >= 0.3 is 0 Å². The molecule has 0 fully saturated rings. The van der Waals surface area contributed by atoms with E-state index < -0.39 is 0 Å². The highest BCUT2D eigenvalue weighted by Gasteiger charge is 2.20. The van der Waals surface area contributed by atoms with Crippen LogP contribution in [0.1, 0.15) is 17.6 Å². The molecule has 5 heteroatoms. The van der Waals surface area contributed by atoms with E-state index in [1.165, 1.54) is 0 Å². The van der Waals surface area contributed by atoms with Gasteiger partial charge in [0.2, 0.25) is 0 Å². The molecule has 0 bridgehead atoms. The molecule has 0 saturated carbocycles. The van der Waals surface area contributed by atoms with Crippen molar-refractivity contribution >= 4 is 21.6 Å². The molecule has 0 aliphatic carbocycles. The molecule has 0 spiro atoms. The highest BCUT2D eigenvalue weighted by Crippen LogP contribution is 2.27. The molecule has 0 radical (unpaired) electrons. The zero-order valence-corrected chi connectivity index (χ0v) is 12.5. The molecule has 1 atom stereocenters. The Labute approximate surface area is 125 Å². The van der Waals surface area contributed by atoms with Crippen LogP contribution >= 0.6 is 15.9 Å². The van der Waals surface area contributed by atoms with Gasteiger partial charge in [0.25, 0.3) is 0 Å². The lowest BCUT2D eigenvalue weighted by Gasteiger charge is -2.18. The van der Waals surface area contributed by atoms with Crippen LogP contribution in [0.4, 0.5) is 5.69 Å². The molecule has 1 unspecified atom stereocenters. The summed E-state index contributed by atoms with van der Waals surface area (Å²) in [7, 11) is 1.97. The monoisotopic (exact) mass is 331 g/mol. The second kappa shape index (κ2) is 5.54. The van der Waals surface area contributed by atoms with Crippen LogP contribution < -0.4 is 5.32 Å². The number of rotatable bonds is 4. The third-order valence-electron chi connectivity index (χ3n) is 3.08. The molecule has 3 rings (SSSR count). The molecule has 102 valence electrons. The Bertz CT molecular complexity index is 691. The Hall–Kier alpha value is -2.01. The predicted octanol–water partition coefficient (Wildman–Crippen LogP) is 3.98. The van der Waals surface area contributed by atoms with Gasteiger partial charge in [0.15, 0.2) is 0 Å². The number of hydrogen-bond donors (Lipinski definition) is 1. The smallest absolute Gasteiger partial charge is 0.143 e. The van der Waals surface area contributed by atoms with Gasteiger partial charge < -0.3 is 14.3 Å². The van der Waals surface area contributed by atoms with E-state index in [0.717, 1.165) is 21.7 Å². The minimum absolute atomic E-state index is 0.126. The number of aryl methyl sites for hydroxylation is 1. The zero-order chi connectivity index (χ0) is 13.9. The second-order valence-electron chi connectivity index (χ2n) is 4.50. The van der Waals surface area contributed by atoms with Crippen molar-refractivity contribution in [3.8, 4) is 0 Å². The normalized spacial score (nSPS) is 12.3. The molecule has 1 aromatic carbocycles. The molecule has 1 N–H and O–H groups in total. The number of benzene rings is 1. The van der Waals surface area contributed by atoms with Gasteiger partial charge in [0.05, 0.1) is 6.26 Å². The van der Waals surface area contributed by atoms with Gasteiger partial charge in [-0.25, -0.2) is 4.98 Å². The van der Waals surface area contributed by atoms with Gasteiger partial charge in [-0.15, -0.1) is 0 Å². The fraction of sp³-hybridized carbons (Fsp3) is 0.133. The van der Waals surface area contributed by atoms with Crippen LogP contribution in [0.2, 0.25) is 0 Å². The highest BCUT2D eigenvalue weighted by molar-refractivity contribution is 9.10. The van der Waals surface area contributed by atoms with Gasteiger partial charge in [0, 0.05) is 29.6 Å². The summed E-state index contributed by atoms with van der Waals surface area (Å²) >= 11 is 3.48. The van der Waals surface area contributed by atoms with E-state index in [2.05, 4.69) is 26.2 Å². The average Bonchev–Trinajstić information content (AvgIpc) is 3.07. The lowest BCUT2D eigenvalue weighted by molar-refractivity contribution is 0.488. The van der Waals surface area contributed by atoms with Crippen LogP contribution in [0.5, 0.6) is 0 Å². The van der Waals surface area contributed by atoms with E-state index in [4.69, 9.17) is 4.42 Å². The van der Waals surface area contributed by atoms with Gasteiger partial charge in [0.1, 0.15) is 17.6 Å². The second-order valence-corrected chi connectivity index (χ2v) is 5.42. The van der Waals surface area contributed by atoms with Crippen molar-refractivity contribution in [3.05, 3.63) is 71.1 Å². The molecule has 3 aromatic rings. The maximum Gasteiger partial charge on any atom is 0.143 e. The third kappa shape index (κ3) is 2.63. The molecule has 20 heavy (non-hydrogen) atoms. The van der Waals surface area contributed by atoms with Crippen LogP contribution in [0, 0.1) is 0 Å². The fourth-order valence-corrected chi connectivity index (χ4v) is 2.52. The standard InChI is InChI=1S/C15H14BrN3O/c1-19-8-7-17-15(19)14(13-6-3-9-20-13)18-12-5-2-4-11(16)10-12/h2-10,14,18H,1H3. The Kier molecular flexibility index (Phi) is 3.60. The van der Waals surface area contributed by atoms with Gasteiger partial charge in [-0.1, -0.05) is 22.0 Å². The van der Waals surface area contributed by atoms with E-state index in [9.17, 15) is 0 Å². The Morgan fingerprint density at radius 1 is 1.30 bits per heavy atom. The first-order valence-corrected chi connectivity index (χ1v) is 7.06. The number of imidazole rings is 1. The van der Waals surface area contributed by atoms with Crippen LogP contribution in [-0.2, 0) is 7.05 Å². The Morgan fingerprint density at radius 3 is 2.85 bits per heavy atom. The SMILES string of the molecule is Cn1ccnc1C(Nc1cccc(Br)c1)c1ccco1. The van der Waals surface area contributed by atoms with Crippen molar-refractivity contribution < 1.29 is 4.42 Å². The van der Waals surface area contributed by atoms with Crippen molar-refractivity contribution in [3.63, 3.8) is 0 Å². The Balaban J connectivity index is 1.97. The van der Waals surface area contributed by atoms with Gasteiger partial charge in [-0.2, -0.15) is 0 Å². The van der Waals surface area contributed by atoms with Crippen molar-refractivity contribution in [1.82, 2.24) is 9.55 Å². The predicted molar refractivity (Wildman–Crippen MR) is 81.5 cm³/mol. The molecule has 0 aliphatic rings. The zero-order valence-electron chi connectivity index (χ0n) is 11.0. The number of halogens is 1. The first-order chi connectivity index (χ1) is 9.74. The number of nitrogens with one attached hydrogen (secondary N) is 1. The lowest BCUT2D eigenvalue weighted by Crippen LogP contribution is -2.16. The summed E-state index contributed by atoms with van der Waals surface area (Å²) in [6.45, 7) is 0. The molecule has 4 nitrogen and oxygen atoms in total. The van der Waals surface area contributed by atoms with Crippen molar-refractivity contribution in [2.45, 2.75) is 6.04 Å². The summed E-state index contributed by atoms with van der Waals surface area (Å²) in [5, 5.41) is 3.46. The number of aromatic nitrogens is 2. The summed E-state index contributed by atoms with van der Waals surface area (Å²) in [5.41, 5.74) is 1.00. The van der Waals surface area contributed by atoms with E-state index in [-0.39, 0.29) is 6.04 Å². The quantitative estimate of drug-likeness (QED) is 0.786. The number of furan rings is 1. The summed E-state index contributed by atoms with van der Waals surface area (Å²) in [6, 6.07) is 11.7. The number of anilines is 1. The van der Waals surface area contributed by atoms with Crippen LogP contribution in [0.25, 0.3) is 0 Å². The van der Waals surface area contributed by atoms with Crippen LogP contribution in [0.15, 0.2) is 63.9 Å². The topological polar surface area (TPSA) is 43.0 Å². The molecule has 0 amide bonds. The van der Waals surface area contributed by atoms with E-state index >= 15 is 0 Å². The minimum Gasteiger partial charge on any atom is -0.467 e. The maximum atomic E-state index is 5.55. The molecule has 0 aliphatic heterocycles. The van der Waals surface area contributed by atoms with Gasteiger partial charge in [-0.05, 0) is 30.3 Å². The minimum atomic E-state index is -0.126. The highest BCUT2D eigenvalue weighted by atomic mass is 79.9. The molecule has 2 heterocycles. The van der Waals surface area contributed by atoms with Gasteiger partial charge in [-0.3, -0.25) is 0 Å². The maximum absolute atomic E-state index is 5.55. The van der Waals surface area contributed by atoms with Crippen LogP contribution in [0.3, 0.4) is 0 Å². The number of nitrogens with zero attached hydrogens (tertiary/aromatic N) is 2. The first kappa shape index (κ1) is 13.0. The van der Waals surface area contributed by atoms with E-state index in [0.29, 0.717) is 0 Å². The van der Waals surface area contributed by atoms with E-state index in [1.54, 1.807) is 12.5 Å². The summed E-state index contributed by atoms with van der Waals surface area (Å²) < 4.78 is 8.56. The third-order valence-corrected chi connectivity index (χ3v) is 3.57. The summed E-state index contributed by atoms with van der Waals surface area (Å²) in [5.74, 6) is 1.74.